The number of nitro benzene ring substituents is 1. The predicted octanol–water partition coefficient (Wildman–Crippen LogP) is 8.56. The summed E-state index contributed by atoms with van der Waals surface area (Å²) in [6, 6.07) is 19.6. The zero-order chi connectivity index (χ0) is 46.8. The molecule has 17 heteroatoms. The average molecular weight is 934 g/mol. The summed E-state index contributed by atoms with van der Waals surface area (Å²) >= 11 is 0. The Kier molecular flexibility index (Phi) is 11.6. The summed E-state index contributed by atoms with van der Waals surface area (Å²) < 4.78 is 42.3. The van der Waals surface area contributed by atoms with Crippen molar-refractivity contribution in [1.29, 1.82) is 0 Å². The van der Waals surface area contributed by atoms with Crippen LogP contribution in [0.25, 0.3) is 11.0 Å². The predicted molar refractivity (Wildman–Crippen MR) is 254 cm³/mol. The fourth-order valence-electron chi connectivity index (χ4n) is 11.5. The number of hydrogen-bond acceptors (Lipinski definition) is 13. The minimum Gasteiger partial charge on any atom is -0.491 e. The number of amides is 1. The van der Waals surface area contributed by atoms with Crippen molar-refractivity contribution in [2.75, 3.05) is 43.0 Å². The summed E-state index contributed by atoms with van der Waals surface area (Å²) in [6.07, 6.45) is 9.92. The summed E-state index contributed by atoms with van der Waals surface area (Å²) in [6.45, 7) is 10.2. The highest BCUT2D eigenvalue weighted by Crippen LogP contribution is 2.49. The number of anilines is 2. The highest BCUT2D eigenvalue weighted by molar-refractivity contribution is 7.90. The van der Waals surface area contributed by atoms with Crippen LogP contribution in [0.3, 0.4) is 0 Å². The number of carbonyl (C=O) groups is 1. The number of piperidine rings is 1. The molecule has 354 valence electrons. The zero-order valence-electron chi connectivity index (χ0n) is 38.2. The van der Waals surface area contributed by atoms with Crippen LogP contribution < -0.4 is 24.4 Å². The van der Waals surface area contributed by atoms with E-state index in [0.717, 1.165) is 50.8 Å². The lowest BCUT2D eigenvalue weighted by Crippen LogP contribution is -2.63. The minimum absolute atomic E-state index is 0.0135. The number of fused-ring (bicyclic) bond motifs is 2. The smallest absolute Gasteiger partial charge is 0.297 e. The van der Waals surface area contributed by atoms with Crippen LogP contribution in [-0.2, 0) is 10.0 Å². The van der Waals surface area contributed by atoms with E-state index in [1.54, 1.807) is 37.4 Å². The molecule has 4 fully saturated rings. The van der Waals surface area contributed by atoms with E-state index < -0.39 is 42.9 Å². The second-order valence-corrected chi connectivity index (χ2v) is 21.9. The van der Waals surface area contributed by atoms with Gasteiger partial charge >= 0.3 is 0 Å². The summed E-state index contributed by atoms with van der Waals surface area (Å²) in [5.41, 5.74) is 3.04. The molecule has 2 saturated carbocycles. The molecule has 0 unspecified atom stereocenters. The molecular formula is C50H59N7O9S. The minimum atomic E-state index is -4.72. The monoisotopic (exact) mass is 933 g/mol. The van der Waals surface area contributed by atoms with Crippen LogP contribution in [0.4, 0.5) is 17.1 Å². The number of nitro groups is 1. The number of likely N-dealkylation sites (tertiary alicyclic amines) is 1. The number of sulfonamides is 1. The summed E-state index contributed by atoms with van der Waals surface area (Å²) in [5, 5.41) is 37.6. The van der Waals surface area contributed by atoms with Gasteiger partial charge in [0.1, 0.15) is 18.0 Å². The standard InChI is InChI=1S/C50H59N7O9S/c1-30(2)35-7-4-5-8-36(35)37-9-6-10-40(37)56-28-50(29-56)18-21-55(22-19-50)33-11-12-38(42(24-33)66-44-23-32-15-20-51-46(32)53-48(44)59)47(58)54-67(63,64)34-25-41(57(61)62)45-43(26-34)65-27-39(52-45)31-13-16-49(3,60)17-14-31/h4-5,7-8,11-12,15,20,23-26,30-31,37,39-40,52,60H,6,9-10,13-14,16-19,21-22,27-29H2,1-3H3,(H,54,58)(H2,51,53,59)/t31-,37-,39+,40-,49-/m0/s1. The Morgan fingerprint density at radius 2 is 1.76 bits per heavy atom. The molecule has 2 saturated heterocycles. The number of hydrogen-bond donors (Lipinski definition) is 5. The van der Waals surface area contributed by atoms with Crippen molar-refractivity contribution < 1.29 is 37.8 Å². The Balaban J connectivity index is 0.866. The molecule has 2 aliphatic carbocycles. The highest BCUT2D eigenvalue weighted by atomic mass is 32.2. The van der Waals surface area contributed by atoms with Gasteiger partial charge in [0.25, 0.3) is 27.5 Å². The molecule has 5 heterocycles. The van der Waals surface area contributed by atoms with Crippen molar-refractivity contribution in [2.24, 2.45) is 11.3 Å². The van der Waals surface area contributed by atoms with Crippen molar-refractivity contribution >= 4 is 44.0 Å². The molecule has 1 amide bonds. The largest absolute Gasteiger partial charge is 0.491 e. The van der Waals surface area contributed by atoms with Crippen LogP contribution in [0, 0.1) is 21.4 Å². The topological polar surface area (TPSA) is 212 Å². The maximum Gasteiger partial charge on any atom is 0.297 e. The Morgan fingerprint density at radius 1 is 1.00 bits per heavy atom. The Bertz CT molecular complexity index is 2820. The van der Waals surface area contributed by atoms with Gasteiger partial charge in [-0.15, -0.1) is 0 Å². The molecule has 0 bridgehead atoms. The number of aromatic amines is 1. The van der Waals surface area contributed by atoms with Gasteiger partial charge in [-0.05, 0) is 117 Å². The summed E-state index contributed by atoms with van der Waals surface area (Å²) in [7, 11) is -4.72. The molecular weight excluding hydrogens is 875 g/mol. The molecule has 67 heavy (non-hydrogen) atoms. The Labute approximate surface area is 390 Å². The van der Waals surface area contributed by atoms with Crippen LogP contribution in [-0.4, -0.2) is 94.8 Å². The fourth-order valence-corrected chi connectivity index (χ4v) is 12.5. The third-order valence-corrected chi connectivity index (χ3v) is 16.7. The summed E-state index contributed by atoms with van der Waals surface area (Å²) in [5.74, 6) is -0.422. The lowest BCUT2D eigenvalue weighted by Gasteiger charge is -2.57. The molecule has 3 aliphatic heterocycles. The zero-order valence-corrected chi connectivity index (χ0v) is 39.0. The van der Waals surface area contributed by atoms with Gasteiger partial charge in [0.2, 0.25) is 0 Å². The first-order valence-corrected chi connectivity index (χ1v) is 25.1. The third-order valence-electron chi connectivity index (χ3n) is 15.4. The highest BCUT2D eigenvalue weighted by Gasteiger charge is 2.49. The average Bonchev–Trinajstić information content (AvgIpc) is 3.97. The third kappa shape index (κ3) is 8.77. The van der Waals surface area contributed by atoms with Gasteiger partial charge in [-0.3, -0.25) is 19.8 Å². The van der Waals surface area contributed by atoms with Crippen molar-refractivity contribution in [3.63, 3.8) is 0 Å². The lowest BCUT2D eigenvalue weighted by molar-refractivity contribution is -0.384. The van der Waals surface area contributed by atoms with E-state index >= 15 is 0 Å². The first-order chi connectivity index (χ1) is 32.1. The molecule has 3 atom stereocenters. The first kappa shape index (κ1) is 44.9. The van der Waals surface area contributed by atoms with E-state index in [0.29, 0.717) is 54.6 Å². The van der Waals surface area contributed by atoms with E-state index in [-0.39, 0.29) is 52.5 Å². The number of rotatable bonds is 11. The Hall–Kier alpha value is -5.91. The van der Waals surface area contributed by atoms with Crippen LogP contribution in [0.15, 0.2) is 77.8 Å². The van der Waals surface area contributed by atoms with Crippen molar-refractivity contribution in [3.05, 3.63) is 99.7 Å². The second-order valence-electron chi connectivity index (χ2n) is 20.2. The van der Waals surface area contributed by atoms with E-state index in [2.05, 4.69) is 67.9 Å². The van der Waals surface area contributed by atoms with Gasteiger partial charge in [0, 0.05) is 67.7 Å². The van der Waals surface area contributed by atoms with Crippen molar-refractivity contribution in [3.8, 4) is 23.1 Å². The second kappa shape index (κ2) is 17.3. The number of carbonyl (C=O) groups excluding carboxylic acids is 1. The normalized spacial score (nSPS) is 25.0. The number of H-pyrrole nitrogens is 1. The van der Waals surface area contributed by atoms with Crippen LogP contribution in [0.1, 0.15) is 112 Å². The van der Waals surface area contributed by atoms with Gasteiger partial charge in [0.05, 0.1) is 27.0 Å². The van der Waals surface area contributed by atoms with E-state index in [9.17, 15) is 33.5 Å². The lowest BCUT2D eigenvalue weighted by atomic mass is 9.70. The number of aromatic nitrogens is 2. The number of nitrogens with zero attached hydrogens (tertiary/aromatic N) is 4. The Morgan fingerprint density at radius 3 is 2.51 bits per heavy atom. The fraction of sp³-hybridized carbons (Fsp3) is 0.480. The van der Waals surface area contributed by atoms with E-state index in [1.165, 1.54) is 42.5 Å². The van der Waals surface area contributed by atoms with E-state index in [4.69, 9.17) is 9.47 Å². The van der Waals surface area contributed by atoms with Crippen LogP contribution in [0.2, 0.25) is 0 Å². The molecule has 16 nitrogen and oxygen atoms in total. The van der Waals surface area contributed by atoms with Gasteiger partial charge in [-0.25, -0.2) is 13.1 Å². The number of benzene rings is 3. The number of nitrogens with one attached hydrogen (secondary N) is 3. The van der Waals surface area contributed by atoms with Gasteiger partial charge in [-0.1, -0.05) is 44.5 Å². The number of aromatic hydroxyl groups is 1. The number of pyridine rings is 1. The SMILES string of the molecule is CC(C)c1ccccc1[C@@H]1CCC[C@@H]1N1CC2(CCN(c3ccc(C(=O)NS(=O)(=O)c4cc5c(c([N+](=O)[O-])c4)N[C@@H]([C@H]4CC[C@](C)(O)CC4)CO5)c(Oc4cc5cc[nH]c5nc4O)c3)CC2)C1. The van der Waals surface area contributed by atoms with Crippen molar-refractivity contribution in [2.45, 2.75) is 113 Å². The molecule has 5 N–H and O–H groups in total. The van der Waals surface area contributed by atoms with Gasteiger partial charge < -0.3 is 34.9 Å². The van der Waals surface area contributed by atoms with Crippen LogP contribution in [0.5, 0.6) is 23.1 Å². The molecule has 2 aromatic heterocycles. The molecule has 0 radical (unpaired) electrons. The molecule has 3 aromatic carbocycles. The molecule has 5 aliphatic rings. The first-order valence-electron chi connectivity index (χ1n) is 23.6. The molecule has 10 rings (SSSR count). The summed E-state index contributed by atoms with van der Waals surface area (Å²) in [4.78, 5) is 37.4. The van der Waals surface area contributed by atoms with Gasteiger partial charge in [-0.2, -0.15) is 4.98 Å². The van der Waals surface area contributed by atoms with Crippen LogP contribution >= 0.6 is 0 Å². The maximum absolute atomic E-state index is 14.1. The quantitative estimate of drug-likeness (QED) is 0.0621. The van der Waals surface area contributed by atoms with Crippen molar-refractivity contribution in [1.82, 2.24) is 19.6 Å². The van der Waals surface area contributed by atoms with E-state index in [1.807, 2.05) is 0 Å². The van der Waals surface area contributed by atoms with Gasteiger partial charge in [0.15, 0.2) is 17.2 Å². The maximum atomic E-state index is 14.1. The number of aliphatic hydroxyl groups is 1. The molecule has 5 aromatic rings. The number of ether oxygens (including phenoxy) is 2. The molecule has 1 spiro atoms.